The molecule has 0 saturated carbocycles. The third kappa shape index (κ3) is 4.09. The number of nitrogens with zero attached hydrogens (tertiary/aromatic N) is 5. The standard InChI is InChI=1S/C24H22N6OS/c1-16(2)30-23-18(12-26-30)11-19(13-25-23)28-24(31)17-6-8-21(9-7-17)32-15-20-14-29-10-4-3-5-22(29)27-20/h3-14,16H,15H2,1-2H3,(H,28,31). The summed E-state index contributed by atoms with van der Waals surface area (Å²) in [5, 5.41) is 8.19. The van der Waals surface area contributed by atoms with Crippen LogP contribution < -0.4 is 5.32 Å². The summed E-state index contributed by atoms with van der Waals surface area (Å²) in [6.45, 7) is 4.12. The van der Waals surface area contributed by atoms with E-state index in [1.165, 1.54) is 0 Å². The molecule has 0 aliphatic heterocycles. The Kier molecular flexibility index (Phi) is 5.36. The van der Waals surface area contributed by atoms with Crippen LogP contribution in [0.3, 0.4) is 0 Å². The number of carbonyl (C=O) groups is 1. The summed E-state index contributed by atoms with van der Waals surface area (Å²) in [4.78, 5) is 22.8. The molecule has 32 heavy (non-hydrogen) atoms. The Morgan fingerprint density at radius 3 is 2.75 bits per heavy atom. The van der Waals surface area contributed by atoms with Crippen molar-refractivity contribution in [3.05, 3.63) is 84.6 Å². The molecule has 5 aromatic rings. The van der Waals surface area contributed by atoms with Gasteiger partial charge in [0.2, 0.25) is 0 Å². The van der Waals surface area contributed by atoms with Gasteiger partial charge in [0.15, 0.2) is 5.65 Å². The van der Waals surface area contributed by atoms with E-state index in [2.05, 4.69) is 34.2 Å². The summed E-state index contributed by atoms with van der Waals surface area (Å²) in [7, 11) is 0. The van der Waals surface area contributed by atoms with Gasteiger partial charge in [-0.1, -0.05) is 6.07 Å². The molecular formula is C24H22N6OS. The molecule has 4 heterocycles. The number of anilines is 1. The fourth-order valence-electron chi connectivity index (χ4n) is 3.51. The molecule has 0 bridgehead atoms. The van der Waals surface area contributed by atoms with Gasteiger partial charge in [0, 0.05) is 40.0 Å². The topological polar surface area (TPSA) is 77.1 Å². The van der Waals surface area contributed by atoms with Gasteiger partial charge in [-0.15, -0.1) is 11.8 Å². The molecule has 160 valence electrons. The van der Waals surface area contributed by atoms with Crippen molar-refractivity contribution in [3.8, 4) is 0 Å². The second kappa shape index (κ2) is 8.47. The average molecular weight is 443 g/mol. The van der Waals surface area contributed by atoms with Crippen LogP contribution in [0.5, 0.6) is 0 Å². The van der Waals surface area contributed by atoms with Crippen LogP contribution in [0, 0.1) is 0 Å². The molecule has 0 saturated heterocycles. The number of aromatic nitrogens is 5. The summed E-state index contributed by atoms with van der Waals surface area (Å²) in [6, 6.07) is 15.7. The number of thioether (sulfide) groups is 1. The Hall–Kier alpha value is -3.65. The number of rotatable bonds is 6. The molecule has 1 amide bonds. The van der Waals surface area contributed by atoms with E-state index in [9.17, 15) is 4.79 Å². The van der Waals surface area contributed by atoms with Crippen LogP contribution in [-0.2, 0) is 5.75 Å². The highest BCUT2D eigenvalue weighted by atomic mass is 32.2. The number of pyridine rings is 2. The largest absolute Gasteiger partial charge is 0.321 e. The van der Waals surface area contributed by atoms with Crippen LogP contribution in [0.2, 0.25) is 0 Å². The molecule has 1 N–H and O–H groups in total. The van der Waals surface area contributed by atoms with Crippen LogP contribution in [0.1, 0.15) is 35.9 Å². The van der Waals surface area contributed by atoms with Crippen LogP contribution in [0.4, 0.5) is 5.69 Å². The van der Waals surface area contributed by atoms with Gasteiger partial charge in [-0.05, 0) is 56.3 Å². The molecule has 0 atom stereocenters. The van der Waals surface area contributed by atoms with Crippen LogP contribution >= 0.6 is 11.8 Å². The van der Waals surface area contributed by atoms with E-state index in [0.29, 0.717) is 11.3 Å². The summed E-state index contributed by atoms with van der Waals surface area (Å²) in [5.41, 5.74) is 4.02. The van der Waals surface area contributed by atoms with Crippen molar-refractivity contribution in [2.24, 2.45) is 0 Å². The van der Waals surface area contributed by atoms with Gasteiger partial charge in [-0.2, -0.15) is 5.10 Å². The second-order valence-corrected chi connectivity index (χ2v) is 8.83. The van der Waals surface area contributed by atoms with Crippen molar-refractivity contribution >= 4 is 40.0 Å². The fourth-order valence-corrected chi connectivity index (χ4v) is 4.29. The third-order valence-electron chi connectivity index (χ3n) is 5.10. The Labute approximate surface area is 189 Å². The summed E-state index contributed by atoms with van der Waals surface area (Å²) >= 11 is 1.69. The summed E-state index contributed by atoms with van der Waals surface area (Å²) < 4.78 is 3.88. The SMILES string of the molecule is CC(C)n1ncc2cc(NC(=O)c3ccc(SCc4cn5ccccc5n4)cc3)cnc21. The first-order valence-corrected chi connectivity index (χ1v) is 11.4. The van der Waals surface area contributed by atoms with Crippen LogP contribution in [-0.4, -0.2) is 30.1 Å². The van der Waals surface area contributed by atoms with E-state index >= 15 is 0 Å². The quantitative estimate of drug-likeness (QED) is 0.366. The van der Waals surface area contributed by atoms with Crippen molar-refractivity contribution in [2.45, 2.75) is 30.5 Å². The van der Waals surface area contributed by atoms with Crippen molar-refractivity contribution in [3.63, 3.8) is 0 Å². The summed E-state index contributed by atoms with van der Waals surface area (Å²) in [5.74, 6) is 0.600. The maximum absolute atomic E-state index is 12.7. The van der Waals surface area contributed by atoms with E-state index in [-0.39, 0.29) is 11.9 Å². The Balaban J connectivity index is 1.23. The molecule has 0 spiro atoms. The normalized spacial score (nSPS) is 11.5. The van der Waals surface area contributed by atoms with Crippen LogP contribution in [0.15, 0.2) is 78.2 Å². The van der Waals surface area contributed by atoms with Crippen molar-refractivity contribution in [2.75, 3.05) is 5.32 Å². The van der Waals surface area contributed by atoms with Crippen molar-refractivity contribution in [1.82, 2.24) is 24.1 Å². The minimum Gasteiger partial charge on any atom is -0.321 e. The van der Waals surface area contributed by atoms with E-state index in [1.807, 2.05) is 70.0 Å². The van der Waals surface area contributed by atoms with Gasteiger partial charge in [-0.25, -0.2) is 14.6 Å². The monoisotopic (exact) mass is 442 g/mol. The summed E-state index contributed by atoms with van der Waals surface area (Å²) in [6.07, 6.45) is 7.47. The first-order valence-electron chi connectivity index (χ1n) is 10.4. The maximum Gasteiger partial charge on any atom is 0.255 e. The number of benzene rings is 1. The molecule has 0 radical (unpaired) electrons. The lowest BCUT2D eigenvalue weighted by Gasteiger charge is -2.08. The van der Waals surface area contributed by atoms with E-state index in [0.717, 1.165) is 33.0 Å². The minimum atomic E-state index is -0.167. The minimum absolute atomic E-state index is 0.167. The molecule has 4 aromatic heterocycles. The van der Waals surface area contributed by atoms with Gasteiger partial charge in [0.05, 0.1) is 23.8 Å². The predicted molar refractivity (Wildman–Crippen MR) is 127 cm³/mol. The van der Waals surface area contributed by atoms with E-state index in [1.54, 1.807) is 24.2 Å². The zero-order valence-corrected chi connectivity index (χ0v) is 18.6. The molecule has 8 heteroatoms. The highest BCUT2D eigenvalue weighted by molar-refractivity contribution is 7.98. The molecule has 0 fully saturated rings. The third-order valence-corrected chi connectivity index (χ3v) is 6.14. The van der Waals surface area contributed by atoms with Gasteiger partial charge in [-0.3, -0.25) is 4.79 Å². The Morgan fingerprint density at radius 1 is 1.12 bits per heavy atom. The number of nitrogens with one attached hydrogen (secondary N) is 1. The number of imidazole rings is 1. The zero-order valence-electron chi connectivity index (χ0n) is 17.8. The van der Waals surface area contributed by atoms with Gasteiger partial charge in [0.1, 0.15) is 5.65 Å². The van der Waals surface area contributed by atoms with Gasteiger partial charge >= 0.3 is 0 Å². The second-order valence-electron chi connectivity index (χ2n) is 7.79. The molecule has 7 nitrogen and oxygen atoms in total. The first kappa shape index (κ1) is 20.3. The molecule has 1 aromatic carbocycles. The number of fused-ring (bicyclic) bond motifs is 2. The molecule has 0 unspecified atom stereocenters. The highest BCUT2D eigenvalue weighted by Gasteiger charge is 2.11. The fraction of sp³-hybridized carbons (Fsp3) is 0.167. The predicted octanol–water partition coefficient (Wildman–Crippen LogP) is 5.20. The molecule has 0 aliphatic carbocycles. The smallest absolute Gasteiger partial charge is 0.255 e. The lowest BCUT2D eigenvalue weighted by atomic mass is 10.2. The number of hydrogen-bond donors (Lipinski definition) is 1. The number of carbonyl (C=O) groups excluding carboxylic acids is 1. The Bertz CT molecular complexity index is 1370. The lowest BCUT2D eigenvalue weighted by Crippen LogP contribution is -2.12. The number of hydrogen-bond acceptors (Lipinski definition) is 5. The average Bonchev–Trinajstić information content (AvgIpc) is 3.41. The maximum atomic E-state index is 12.7. The van der Waals surface area contributed by atoms with Crippen molar-refractivity contribution in [1.29, 1.82) is 0 Å². The lowest BCUT2D eigenvalue weighted by molar-refractivity contribution is 0.102. The van der Waals surface area contributed by atoms with Crippen molar-refractivity contribution < 1.29 is 4.79 Å². The van der Waals surface area contributed by atoms with Crippen LogP contribution in [0.25, 0.3) is 16.7 Å². The molecule has 0 aliphatic rings. The molecular weight excluding hydrogens is 420 g/mol. The zero-order chi connectivity index (χ0) is 22.1. The molecule has 5 rings (SSSR count). The number of amides is 1. The van der Waals surface area contributed by atoms with Gasteiger partial charge < -0.3 is 9.72 Å². The Morgan fingerprint density at radius 2 is 1.97 bits per heavy atom. The first-order chi connectivity index (χ1) is 15.6. The van der Waals surface area contributed by atoms with Gasteiger partial charge in [0.25, 0.3) is 5.91 Å². The highest BCUT2D eigenvalue weighted by Crippen LogP contribution is 2.24. The van der Waals surface area contributed by atoms with E-state index in [4.69, 9.17) is 0 Å². The van der Waals surface area contributed by atoms with E-state index < -0.39 is 0 Å².